The van der Waals surface area contributed by atoms with Crippen molar-refractivity contribution in [1.82, 2.24) is 0 Å². The minimum absolute atomic E-state index is 0.000665. The monoisotopic (exact) mass is 441 g/mol. The summed E-state index contributed by atoms with van der Waals surface area (Å²) in [5.41, 5.74) is 0. The predicted octanol–water partition coefficient (Wildman–Crippen LogP) is 6.76. The van der Waals surface area contributed by atoms with Crippen LogP contribution >= 0.6 is 0 Å². The summed E-state index contributed by atoms with van der Waals surface area (Å²) in [6.07, 6.45) is 6.38. The van der Waals surface area contributed by atoms with E-state index in [4.69, 9.17) is 4.74 Å². The van der Waals surface area contributed by atoms with Gasteiger partial charge in [-0.1, -0.05) is 42.8 Å². The fourth-order valence-corrected chi connectivity index (χ4v) is 8.78. The number of carbonyl (C=O) groups excluding carboxylic acids is 1. The topological polar surface area (TPSA) is 26.3 Å². The second-order valence-corrected chi connectivity index (χ2v) is 11.6. The van der Waals surface area contributed by atoms with Gasteiger partial charge in [0.2, 0.25) is 0 Å². The minimum Gasteiger partial charge on any atom is -0.426 e. The first-order valence-corrected chi connectivity index (χ1v) is 13.2. The highest BCUT2D eigenvalue weighted by Gasteiger charge is 2.56. The van der Waals surface area contributed by atoms with Gasteiger partial charge in [-0.25, -0.2) is 0 Å². The molecule has 3 heteroatoms. The molecule has 0 heterocycles. The van der Waals surface area contributed by atoms with Gasteiger partial charge in [-0.3, -0.25) is 4.79 Å². The smallest absolute Gasteiger partial charge is 0.314 e. The number of hydrogen-bond donors (Lipinski definition) is 0. The van der Waals surface area contributed by atoms with Crippen molar-refractivity contribution in [3.8, 4) is 5.75 Å². The van der Waals surface area contributed by atoms with Gasteiger partial charge in [0.15, 0.2) is 14.7 Å². The Hall–Kier alpha value is -2.52. The molecule has 3 aromatic carbocycles. The van der Waals surface area contributed by atoms with Gasteiger partial charge < -0.3 is 4.74 Å². The summed E-state index contributed by atoms with van der Waals surface area (Å²) >= 11 is 0. The number of benzene rings is 3. The summed E-state index contributed by atoms with van der Waals surface area (Å²) in [6.45, 7) is 0. The second-order valence-electron chi connectivity index (χ2n) is 9.59. The lowest BCUT2D eigenvalue weighted by Crippen LogP contribution is -2.32. The average Bonchev–Trinajstić information content (AvgIpc) is 3.56. The van der Waals surface area contributed by atoms with Crippen LogP contribution in [0.25, 0.3) is 0 Å². The van der Waals surface area contributed by atoms with E-state index in [0.29, 0.717) is 11.7 Å². The van der Waals surface area contributed by atoms with Gasteiger partial charge in [0.1, 0.15) is 5.75 Å². The zero-order chi connectivity index (χ0) is 21.5. The van der Waals surface area contributed by atoms with Gasteiger partial charge in [0.05, 0.1) is 16.8 Å². The Morgan fingerprint density at radius 1 is 0.688 bits per heavy atom. The lowest BCUT2D eigenvalue weighted by molar-refractivity contribution is -0.141. The maximum atomic E-state index is 13.0. The molecule has 3 aliphatic rings. The highest BCUT2D eigenvalue weighted by atomic mass is 32.2. The molecule has 5 atom stereocenters. The molecule has 2 nitrogen and oxygen atoms in total. The number of ether oxygens (including phenoxy) is 1. The van der Waals surface area contributed by atoms with E-state index in [2.05, 4.69) is 72.8 Å². The molecule has 0 aromatic heterocycles. The first-order valence-electron chi connectivity index (χ1n) is 11.9. The van der Waals surface area contributed by atoms with E-state index < -0.39 is 0 Å². The molecule has 0 aliphatic heterocycles. The number of fused-ring (bicyclic) bond motifs is 5. The minimum atomic E-state index is -0.183. The number of esters is 1. The maximum Gasteiger partial charge on any atom is 0.314 e. The van der Waals surface area contributed by atoms with Gasteiger partial charge in [0.25, 0.3) is 0 Å². The molecule has 0 radical (unpaired) electrons. The summed E-state index contributed by atoms with van der Waals surface area (Å²) in [5, 5.41) is 0. The molecule has 3 saturated carbocycles. The predicted molar refractivity (Wildman–Crippen MR) is 128 cm³/mol. The first-order chi connectivity index (χ1) is 15.8. The summed E-state index contributed by atoms with van der Waals surface area (Å²) in [4.78, 5) is 16.8. The highest BCUT2D eigenvalue weighted by molar-refractivity contribution is 7.97. The van der Waals surface area contributed by atoms with Crippen molar-refractivity contribution in [2.45, 2.75) is 46.8 Å². The summed E-state index contributed by atoms with van der Waals surface area (Å²) in [7, 11) is -0.183. The fraction of sp³-hybridized carbons (Fsp3) is 0.345. The van der Waals surface area contributed by atoms with E-state index in [1.165, 1.54) is 40.4 Å². The molecule has 3 aromatic rings. The Kier molecular flexibility index (Phi) is 5.30. The summed E-state index contributed by atoms with van der Waals surface area (Å²) < 4.78 is 5.91. The van der Waals surface area contributed by atoms with Gasteiger partial charge in [-0.2, -0.15) is 0 Å². The van der Waals surface area contributed by atoms with Crippen molar-refractivity contribution in [2.75, 3.05) is 0 Å². The molecular weight excluding hydrogens is 412 g/mol. The summed E-state index contributed by atoms with van der Waals surface area (Å²) in [5.74, 6) is 3.81. The number of hydrogen-bond acceptors (Lipinski definition) is 2. The molecule has 3 aliphatic carbocycles. The SMILES string of the molecule is O=C(Oc1ccc([S+](c2ccccc2)c2ccccc2)cc1)C1CC2CC1C1CCCC21. The van der Waals surface area contributed by atoms with E-state index in [1.54, 1.807) is 0 Å². The zero-order valence-corrected chi connectivity index (χ0v) is 19.0. The van der Waals surface area contributed by atoms with Crippen LogP contribution in [0.5, 0.6) is 5.75 Å². The average molecular weight is 442 g/mol. The van der Waals surface area contributed by atoms with Crippen molar-refractivity contribution < 1.29 is 9.53 Å². The van der Waals surface area contributed by atoms with E-state index in [1.807, 2.05) is 12.1 Å². The van der Waals surface area contributed by atoms with Crippen LogP contribution in [0.2, 0.25) is 0 Å². The van der Waals surface area contributed by atoms with Crippen LogP contribution in [0.15, 0.2) is 99.6 Å². The van der Waals surface area contributed by atoms with Gasteiger partial charge in [-0.15, -0.1) is 0 Å². The van der Waals surface area contributed by atoms with Crippen molar-refractivity contribution in [1.29, 1.82) is 0 Å². The molecule has 0 amide bonds. The van der Waals surface area contributed by atoms with Crippen LogP contribution in [0.4, 0.5) is 0 Å². The van der Waals surface area contributed by atoms with Crippen LogP contribution in [0, 0.1) is 29.6 Å². The second kappa shape index (κ2) is 8.44. The van der Waals surface area contributed by atoms with Gasteiger partial charge in [0, 0.05) is 0 Å². The summed E-state index contributed by atoms with van der Waals surface area (Å²) in [6, 6.07) is 29.5. The van der Waals surface area contributed by atoms with Crippen molar-refractivity contribution >= 4 is 16.9 Å². The van der Waals surface area contributed by atoms with Crippen LogP contribution in [0.3, 0.4) is 0 Å². The Morgan fingerprint density at radius 2 is 1.28 bits per heavy atom. The Labute approximate surface area is 193 Å². The van der Waals surface area contributed by atoms with Crippen LogP contribution in [-0.4, -0.2) is 5.97 Å². The largest absolute Gasteiger partial charge is 0.426 e. The standard InChI is InChI=1S/C29H29O2S/c30-29(28-19-20-18-27(28)26-13-7-12-25(20)26)31-21-14-16-24(17-15-21)32(22-8-3-1-4-9-22)23-10-5-2-6-11-23/h1-6,8-11,14-17,20,25-28H,7,12-13,18-19H2/q+1. The molecule has 32 heavy (non-hydrogen) atoms. The van der Waals surface area contributed by atoms with Crippen LogP contribution in [0.1, 0.15) is 32.1 Å². The molecular formula is C29H29O2S+. The zero-order valence-electron chi connectivity index (χ0n) is 18.2. The van der Waals surface area contributed by atoms with E-state index in [9.17, 15) is 4.79 Å². The van der Waals surface area contributed by atoms with Gasteiger partial charge in [-0.05, 0) is 97.9 Å². The lowest BCUT2D eigenvalue weighted by atomic mass is 9.76. The maximum absolute atomic E-state index is 13.0. The molecule has 0 saturated heterocycles. The van der Waals surface area contributed by atoms with Crippen molar-refractivity contribution in [3.05, 3.63) is 84.9 Å². The third-order valence-corrected chi connectivity index (χ3v) is 10.2. The third-order valence-electron chi connectivity index (χ3n) is 7.97. The van der Waals surface area contributed by atoms with E-state index in [0.717, 1.165) is 24.2 Å². The highest BCUT2D eigenvalue weighted by Crippen LogP contribution is 2.61. The molecule has 0 spiro atoms. The number of carbonyl (C=O) groups is 1. The van der Waals surface area contributed by atoms with Crippen molar-refractivity contribution in [3.63, 3.8) is 0 Å². The molecule has 6 rings (SSSR count). The number of rotatable bonds is 5. The molecule has 5 unspecified atom stereocenters. The Morgan fingerprint density at radius 3 is 1.94 bits per heavy atom. The van der Waals surface area contributed by atoms with E-state index in [-0.39, 0.29) is 22.8 Å². The molecule has 162 valence electrons. The van der Waals surface area contributed by atoms with Crippen molar-refractivity contribution in [2.24, 2.45) is 29.6 Å². The molecule has 3 fully saturated rings. The van der Waals surface area contributed by atoms with Crippen LogP contribution in [-0.2, 0) is 15.7 Å². The quantitative estimate of drug-likeness (QED) is 0.248. The molecule has 2 bridgehead atoms. The van der Waals surface area contributed by atoms with E-state index >= 15 is 0 Å². The fourth-order valence-electron chi connectivity index (χ4n) is 6.70. The lowest BCUT2D eigenvalue weighted by Gasteiger charge is -2.30. The Bertz CT molecular complexity index is 1040. The normalized spacial score (nSPS) is 28.1. The third kappa shape index (κ3) is 3.57. The van der Waals surface area contributed by atoms with Gasteiger partial charge >= 0.3 is 5.97 Å². The Balaban J connectivity index is 1.20. The first kappa shape index (κ1) is 20.1. The van der Waals surface area contributed by atoms with Crippen LogP contribution < -0.4 is 4.74 Å². The molecule has 0 N–H and O–H groups in total.